The summed E-state index contributed by atoms with van der Waals surface area (Å²) in [6.45, 7) is 2.23. The Morgan fingerprint density at radius 2 is 2.23 bits per heavy atom. The van der Waals surface area contributed by atoms with E-state index >= 15 is 0 Å². The topological polar surface area (TPSA) is 61.6 Å². The fourth-order valence-electron chi connectivity index (χ4n) is 0.766. The van der Waals surface area contributed by atoms with Gasteiger partial charge < -0.3 is 5.32 Å². The molecule has 1 heterocycles. The molecule has 0 aliphatic rings. The van der Waals surface area contributed by atoms with E-state index in [0.29, 0.717) is 18.1 Å². The zero-order valence-corrected chi connectivity index (χ0v) is 7.20. The van der Waals surface area contributed by atoms with Gasteiger partial charge in [-0.1, -0.05) is 5.92 Å². The SMILES string of the molecule is CC#CCNc1nccnc1C#N. The summed E-state index contributed by atoms with van der Waals surface area (Å²) in [5, 5.41) is 11.5. The van der Waals surface area contributed by atoms with Gasteiger partial charge in [-0.15, -0.1) is 5.92 Å². The van der Waals surface area contributed by atoms with Gasteiger partial charge in [0.05, 0.1) is 6.54 Å². The minimum absolute atomic E-state index is 0.292. The molecule has 1 rings (SSSR count). The highest BCUT2D eigenvalue weighted by molar-refractivity contribution is 5.47. The smallest absolute Gasteiger partial charge is 0.182 e. The van der Waals surface area contributed by atoms with Crippen molar-refractivity contribution in [3.63, 3.8) is 0 Å². The van der Waals surface area contributed by atoms with Crippen LogP contribution in [0.5, 0.6) is 0 Å². The van der Waals surface area contributed by atoms with E-state index in [1.807, 2.05) is 6.07 Å². The number of anilines is 1. The summed E-state index contributed by atoms with van der Waals surface area (Å²) in [4.78, 5) is 7.80. The number of aromatic nitrogens is 2. The van der Waals surface area contributed by atoms with Gasteiger partial charge in [-0.05, 0) is 6.92 Å². The van der Waals surface area contributed by atoms with E-state index in [0.717, 1.165) is 0 Å². The Labute approximate surface area is 76.6 Å². The van der Waals surface area contributed by atoms with Crippen LogP contribution in [0.3, 0.4) is 0 Å². The molecule has 13 heavy (non-hydrogen) atoms. The van der Waals surface area contributed by atoms with Gasteiger partial charge in [-0.2, -0.15) is 5.26 Å². The first kappa shape index (κ1) is 9.02. The summed E-state index contributed by atoms with van der Waals surface area (Å²) in [5.41, 5.74) is 0.292. The zero-order chi connectivity index (χ0) is 9.52. The molecule has 0 saturated heterocycles. The first-order valence-electron chi connectivity index (χ1n) is 3.73. The maximum Gasteiger partial charge on any atom is 0.182 e. The van der Waals surface area contributed by atoms with Crippen LogP contribution in [-0.2, 0) is 0 Å². The predicted molar refractivity (Wildman–Crippen MR) is 48.7 cm³/mol. The van der Waals surface area contributed by atoms with Gasteiger partial charge in [-0.25, -0.2) is 9.97 Å². The highest BCUT2D eigenvalue weighted by Crippen LogP contribution is 2.04. The predicted octanol–water partition coefficient (Wildman–Crippen LogP) is 0.783. The Morgan fingerprint density at radius 1 is 1.46 bits per heavy atom. The van der Waals surface area contributed by atoms with E-state index in [9.17, 15) is 0 Å². The average Bonchev–Trinajstić information content (AvgIpc) is 2.19. The van der Waals surface area contributed by atoms with E-state index in [1.165, 1.54) is 12.4 Å². The van der Waals surface area contributed by atoms with Crippen molar-refractivity contribution in [3.05, 3.63) is 18.1 Å². The van der Waals surface area contributed by atoms with Crippen molar-refractivity contribution in [3.8, 4) is 17.9 Å². The Kier molecular flexibility index (Phi) is 3.29. The fraction of sp³-hybridized carbons (Fsp3) is 0.222. The van der Waals surface area contributed by atoms with E-state index < -0.39 is 0 Å². The number of nitrogens with one attached hydrogen (secondary N) is 1. The Morgan fingerprint density at radius 3 is 2.92 bits per heavy atom. The molecule has 0 aromatic carbocycles. The quantitative estimate of drug-likeness (QED) is 0.670. The van der Waals surface area contributed by atoms with Crippen LogP contribution in [0.25, 0.3) is 0 Å². The average molecular weight is 172 g/mol. The van der Waals surface area contributed by atoms with Crippen molar-refractivity contribution in [2.24, 2.45) is 0 Å². The molecule has 0 unspecified atom stereocenters. The lowest BCUT2D eigenvalue weighted by atomic mass is 10.4. The summed E-state index contributed by atoms with van der Waals surface area (Å²) in [6, 6.07) is 1.94. The number of rotatable bonds is 2. The molecule has 1 aromatic rings. The van der Waals surface area contributed by atoms with Crippen LogP contribution in [0.2, 0.25) is 0 Å². The second-order valence-electron chi connectivity index (χ2n) is 2.15. The van der Waals surface area contributed by atoms with Gasteiger partial charge in [-0.3, -0.25) is 0 Å². The molecule has 1 aromatic heterocycles. The maximum absolute atomic E-state index is 8.65. The van der Waals surface area contributed by atoms with E-state index in [1.54, 1.807) is 6.92 Å². The third kappa shape index (κ3) is 2.46. The lowest BCUT2D eigenvalue weighted by Crippen LogP contribution is -2.04. The first-order valence-corrected chi connectivity index (χ1v) is 3.73. The standard InChI is InChI=1S/C9H8N4/c1-2-3-4-12-9-8(7-10)11-5-6-13-9/h5-6H,4H2,1H3,(H,12,13). The molecule has 0 aliphatic heterocycles. The van der Waals surface area contributed by atoms with E-state index in [-0.39, 0.29) is 0 Å². The number of hydrogen-bond acceptors (Lipinski definition) is 4. The molecule has 0 bridgehead atoms. The van der Waals surface area contributed by atoms with Crippen molar-refractivity contribution in [1.82, 2.24) is 9.97 Å². The molecule has 64 valence electrons. The molecule has 0 fully saturated rings. The molecule has 1 N–H and O–H groups in total. The zero-order valence-electron chi connectivity index (χ0n) is 7.20. The molecular formula is C9H8N4. The molecule has 0 amide bonds. The highest BCUT2D eigenvalue weighted by atomic mass is 15.0. The van der Waals surface area contributed by atoms with Gasteiger partial charge in [0.1, 0.15) is 6.07 Å². The normalized spacial score (nSPS) is 8.00. The molecular weight excluding hydrogens is 164 g/mol. The fourth-order valence-corrected chi connectivity index (χ4v) is 0.766. The second-order valence-corrected chi connectivity index (χ2v) is 2.15. The third-order valence-electron chi connectivity index (χ3n) is 1.33. The number of nitriles is 1. The van der Waals surface area contributed by atoms with Crippen LogP contribution in [0.1, 0.15) is 12.6 Å². The van der Waals surface area contributed by atoms with Crippen LogP contribution in [0.15, 0.2) is 12.4 Å². The van der Waals surface area contributed by atoms with Crippen LogP contribution >= 0.6 is 0 Å². The molecule has 0 radical (unpaired) electrons. The van der Waals surface area contributed by atoms with Crippen LogP contribution in [-0.4, -0.2) is 16.5 Å². The Bertz CT molecular complexity index is 381. The van der Waals surface area contributed by atoms with Crippen molar-refractivity contribution in [2.75, 3.05) is 11.9 Å². The van der Waals surface area contributed by atoms with Gasteiger partial charge in [0.25, 0.3) is 0 Å². The van der Waals surface area contributed by atoms with E-state index in [4.69, 9.17) is 5.26 Å². The molecule has 4 heteroatoms. The van der Waals surface area contributed by atoms with Gasteiger partial charge in [0.2, 0.25) is 0 Å². The largest absolute Gasteiger partial charge is 0.357 e. The van der Waals surface area contributed by atoms with Crippen LogP contribution in [0.4, 0.5) is 5.82 Å². The van der Waals surface area contributed by atoms with Crippen molar-refractivity contribution >= 4 is 5.82 Å². The molecule has 4 nitrogen and oxygen atoms in total. The summed E-state index contributed by atoms with van der Waals surface area (Å²) in [7, 11) is 0. The van der Waals surface area contributed by atoms with Crippen LogP contribution < -0.4 is 5.32 Å². The second kappa shape index (κ2) is 4.74. The molecule has 0 aliphatic carbocycles. The monoisotopic (exact) mass is 172 g/mol. The number of nitrogens with zero attached hydrogens (tertiary/aromatic N) is 3. The van der Waals surface area contributed by atoms with Crippen molar-refractivity contribution < 1.29 is 0 Å². The summed E-state index contributed by atoms with van der Waals surface area (Å²) >= 11 is 0. The van der Waals surface area contributed by atoms with Gasteiger partial charge >= 0.3 is 0 Å². The van der Waals surface area contributed by atoms with Crippen molar-refractivity contribution in [2.45, 2.75) is 6.92 Å². The lowest BCUT2D eigenvalue weighted by molar-refractivity contribution is 1.14. The minimum atomic E-state index is 0.292. The summed E-state index contributed by atoms with van der Waals surface area (Å²) in [6.07, 6.45) is 3.01. The Balaban J connectivity index is 2.75. The summed E-state index contributed by atoms with van der Waals surface area (Å²) < 4.78 is 0. The molecule has 0 saturated carbocycles. The van der Waals surface area contributed by atoms with Gasteiger partial charge in [0, 0.05) is 12.4 Å². The van der Waals surface area contributed by atoms with Gasteiger partial charge in [0.15, 0.2) is 11.5 Å². The van der Waals surface area contributed by atoms with E-state index in [2.05, 4.69) is 27.1 Å². The molecule has 0 spiro atoms. The maximum atomic E-state index is 8.65. The minimum Gasteiger partial charge on any atom is -0.357 e. The Hall–Kier alpha value is -2.07. The number of hydrogen-bond donors (Lipinski definition) is 1. The summed E-state index contributed by atoms with van der Waals surface area (Å²) in [5.74, 6) is 6.02. The first-order chi connectivity index (χ1) is 6.38. The molecule has 0 atom stereocenters. The van der Waals surface area contributed by atoms with Crippen molar-refractivity contribution in [1.29, 1.82) is 5.26 Å². The van der Waals surface area contributed by atoms with Crippen LogP contribution in [0, 0.1) is 23.2 Å². The lowest BCUT2D eigenvalue weighted by Gasteiger charge is -2.00. The highest BCUT2D eigenvalue weighted by Gasteiger charge is 2.00. The third-order valence-corrected chi connectivity index (χ3v) is 1.33.